The normalized spacial score (nSPS) is 10.6. The van der Waals surface area contributed by atoms with Crippen LogP contribution in [0, 0.1) is 0 Å². The molecule has 3 heterocycles. The lowest BCUT2D eigenvalue weighted by Gasteiger charge is -2.05. The van der Waals surface area contributed by atoms with Gasteiger partial charge in [-0.25, -0.2) is 0 Å². The molecule has 0 fully saturated rings. The molecule has 0 aliphatic heterocycles. The van der Waals surface area contributed by atoms with Gasteiger partial charge in [0, 0.05) is 12.8 Å². The monoisotopic (exact) mass is 440 g/mol. The summed E-state index contributed by atoms with van der Waals surface area (Å²) in [6.45, 7) is 0. The summed E-state index contributed by atoms with van der Waals surface area (Å²) in [5.41, 5.74) is 4.78. The van der Waals surface area contributed by atoms with Crippen LogP contribution in [0.1, 0.15) is 28.4 Å². The Kier molecular flexibility index (Phi) is 5.95. The molecule has 0 radical (unpaired) electrons. The lowest BCUT2D eigenvalue weighted by atomic mass is 10.2. The van der Waals surface area contributed by atoms with E-state index in [-0.39, 0.29) is 18.2 Å². The molecule has 0 aliphatic rings. The number of hydrogen-bond acceptors (Lipinski definition) is 7. The molecule has 10 heteroatoms. The first-order valence-electron chi connectivity index (χ1n) is 7.33. The Hall–Kier alpha value is -2.04. The zero-order chi connectivity index (χ0) is 17.6. The molecule has 130 valence electrons. The van der Waals surface area contributed by atoms with Crippen LogP contribution in [0.5, 0.6) is 0 Å². The first kappa shape index (κ1) is 17.8. The summed E-state index contributed by atoms with van der Waals surface area (Å²) in [7, 11) is 0. The Morgan fingerprint density at radius 3 is 2.84 bits per heavy atom. The van der Waals surface area contributed by atoms with Crippen LogP contribution in [0.15, 0.2) is 38.0 Å². The number of hydrogen-bond donors (Lipinski definition) is 2. The van der Waals surface area contributed by atoms with Gasteiger partial charge in [0.25, 0.3) is 5.91 Å². The maximum absolute atomic E-state index is 11.8. The molecule has 7 nitrogen and oxygen atoms in total. The second-order valence-electron chi connectivity index (χ2n) is 4.95. The van der Waals surface area contributed by atoms with Crippen LogP contribution < -0.4 is 10.9 Å². The summed E-state index contributed by atoms with van der Waals surface area (Å²) in [6.07, 6.45) is 1.28. The smallest absolute Gasteiger partial charge is 0.279 e. The highest BCUT2D eigenvalue weighted by Crippen LogP contribution is 2.22. The number of amides is 2. The molecular formula is C15H13BrN4O3S2. The van der Waals surface area contributed by atoms with Crippen molar-refractivity contribution in [2.75, 3.05) is 0 Å². The van der Waals surface area contributed by atoms with Crippen LogP contribution in [0.25, 0.3) is 10.7 Å². The van der Waals surface area contributed by atoms with Gasteiger partial charge in [-0.1, -0.05) is 11.2 Å². The Labute approximate surface area is 159 Å². The predicted octanol–water partition coefficient (Wildman–Crippen LogP) is 3.41. The van der Waals surface area contributed by atoms with Crippen LogP contribution in [0.2, 0.25) is 0 Å². The third kappa shape index (κ3) is 4.97. The summed E-state index contributed by atoms with van der Waals surface area (Å²) < 4.78 is 6.02. The van der Waals surface area contributed by atoms with Crippen molar-refractivity contribution >= 4 is 50.4 Å². The van der Waals surface area contributed by atoms with E-state index >= 15 is 0 Å². The lowest BCUT2D eigenvalue weighted by molar-refractivity contribution is -0.121. The molecule has 3 aromatic rings. The van der Waals surface area contributed by atoms with Crippen molar-refractivity contribution in [3.8, 4) is 10.7 Å². The third-order valence-electron chi connectivity index (χ3n) is 3.12. The third-order valence-corrected chi connectivity index (χ3v) is 5.60. The van der Waals surface area contributed by atoms with Gasteiger partial charge >= 0.3 is 0 Å². The molecule has 0 saturated carbocycles. The van der Waals surface area contributed by atoms with Gasteiger partial charge < -0.3 is 4.52 Å². The maximum atomic E-state index is 11.8. The van der Waals surface area contributed by atoms with Gasteiger partial charge in [0.05, 0.1) is 13.5 Å². The fourth-order valence-corrected chi connectivity index (χ4v) is 3.88. The minimum atomic E-state index is -0.346. The molecule has 0 unspecified atom stereocenters. The van der Waals surface area contributed by atoms with E-state index in [1.54, 1.807) is 12.1 Å². The van der Waals surface area contributed by atoms with Crippen molar-refractivity contribution in [3.63, 3.8) is 0 Å². The number of nitrogens with one attached hydrogen (secondary N) is 2. The minimum absolute atomic E-state index is 0.241. The van der Waals surface area contributed by atoms with E-state index in [0.29, 0.717) is 29.4 Å². The zero-order valence-corrected chi connectivity index (χ0v) is 16.0. The van der Waals surface area contributed by atoms with E-state index in [1.807, 2.05) is 17.5 Å². The van der Waals surface area contributed by atoms with E-state index in [9.17, 15) is 9.59 Å². The molecule has 0 atom stereocenters. The van der Waals surface area contributed by atoms with Gasteiger partial charge in [-0.15, -0.1) is 22.7 Å². The van der Waals surface area contributed by atoms with Crippen molar-refractivity contribution in [1.29, 1.82) is 0 Å². The van der Waals surface area contributed by atoms with Gasteiger partial charge in [0.2, 0.25) is 17.6 Å². The highest BCUT2D eigenvalue weighted by molar-refractivity contribution is 9.11. The zero-order valence-electron chi connectivity index (χ0n) is 12.8. The maximum Gasteiger partial charge on any atom is 0.279 e. The molecule has 0 aromatic carbocycles. The molecule has 3 rings (SSSR count). The molecule has 2 amide bonds. The Morgan fingerprint density at radius 2 is 2.12 bits per heavy atom. The van der Waals surface area contributed by atoms with Crippen molar-refractivity contribution in [2.24, 2.45) is 0 Å². The first-order chi connectivity index (χ1) is 12.1. The number of rotatable bonds is 6. The SMILES string of the molecule is O=C(CCCc1nc(-c2cccs2)no1)NNC(=O)c1ccc(Br)s1. The van der Waals surface area contributed by atoms with Gasteiger partial charge in [-0.2, -0.15) is 4.98 Å². The average Bonchev–Trinajstić information content (AvgIpc) is 3.33. The van der Waals surface area contributed by atoms with Crippen LogP contribution in [0.3, 0.4) is 0 Å². The average molecular weight is 441 g/mol. The number of carbonyl (C=O) groups is 2. The van der Waals surface area contributed by atoms with Crippen LogP contribution >= 0.6 is 38.6 Å². The van der Waals surface area contributed by atoms with Gasteiger partial charge in [0.15, 0.2) is 0 Å². The molecule has 0 aliphatic carbocycles. The Bertz CT molecular complexity index is 860. The number of thiophene rings is 2. The van der Waals surface area contributed by atoms with E-state index in [4.69, 9.17) is 4.52 Å². The number of halogens is 1. The second kappa shape index (κ2) is 8.37. The molecule has 0 saturated heterocycles. The summed E-state index contributed by atoms with van der Waals surface area (Å²) >= 11 is 6.11. The predicted molar refractivity (Wildman–Crippen MR) is 98.2 cm³/mol. The Morgan fingerprint density at radius 1 is 1.24 bits per heavy atom. The van der Waals surface area contributed by atoms with Crippen molar-refractivity contribution in [1.82, 2.24) is 21.0 Å². The van der Waals surface area contributed by atoms with Gasteiger partial charge in [0.1, 0.15) is 0 Å². The van der Waals surface area contributed by atoms with E-state index < -0.39 is 0 Å². The van der Waals surface area contributed by atoms with Crippen LogP contribution in [-0.2, 0) is 11.2 Å². The number of aryl methyl sites for hydroxylation is 1. The van der Waals surface area contributed by atoms with E-state index in [0.717, 1.165) is 8.66 Å². The van der Waals surface area contributed by atoms with E-state index in [2.05, 4.69) is 36.9 Å². The molecular weight excluding hydrogens is 428 g/mol. The quantitative estimate of drug-likeness (QED) is 0.572. The molecule has 25 heavy (non-hydrogen) atoms. The molecule has 3 aromatic heterocycles. The fourth-order valence-electron chi connectivity index (χ4n) is 1.95. The van der Waals surface area contributed by atoms with E-state index in [1.165, 1.54) is 22.7 Å². The topological polar surface area (TPSA) is 97.1 Å². The largest absolute Gasteiger partial charge is 0.339 e. The molecule has 0 bridgehead atoms. The summed E-state index contributed by atoms with van der Waals surface area (Å²) in [4.78, 5) is 29.3. The fraction of sp³-hybridized carbons (Fsp3) is 0.200. The number of hydrazine groups is 1. The van der Waals surface area contributed by atoms with Crippen molar-refractivity contribution in [3.05, 3.63) is 44.2 Å². The van der Waals surface area contributed by atoms with Crippen molar-refractivity contribution < 1.29 is 14.1 Å². The highest BCUT2D eigenvalue weighted by Gasteiger charge is 2.12. The summed E-state index contributed by atoms with van der Waals surface area (Å²) in [5, 5.41) is 5.86. The van der Waals surface area contributed by atoms with Crippen molar-refractivity contribution in [2.45, 2.75) is 19.3 Å². The lowest BCUT2D eigenvalue weighted by Crippen LogP contribution is -2.41. The first-order valence-corrected chi connectivity index (χ1v) is 9.82. The number of aromatic nitrogens is 2. The highest BCUT2D eigenvalue weighted by atomic mass is 79.9. The van der Waals surface area contributed by atoms with Gasteiger partial charge in [-0.05, 0) is 45.9 Å². The minimum Gasteiger partial charge on any atom is -0.339 e. The van der Waals surface area contributed by atoms with Crippen LogP contribution in [0.4, 0.5) is 0 Å². The molecule has 2 N–H and O–H groups in total. The summed E-state index contributed by atoms with van der Waals surface area (Å²) in [6, 6.07) is 7.29. The molecule has 0 spiro atoms. The number of carbonyl (C=O) groups excluding carboxylic acids is 2. The second-order valence-corrected chi connectivity index (χ2v) is 8.36. The summed E-state index contributed by atoms with van der Waals surface area (Å²) in [5.74, 6) is 0.427. The standard InChI is InChI=1S/C15H13BrN4O3S2/c16-11-7-6-10(25-11)15(22)19-18-12(21)4-1-5-13-17-14(20-23-13)9-3-2-8-24-9/h2-3,6-8H,1,4-5H2,(H,18,21)(H,19,22). The number of nitrogens with zero attached hydrogens (tertiary/aromatic N) is 2. The Balaban J connectivity index is 1.39. The van der Waals surface area contributed by atoms with Gasteiger partial charge in [-0.3, -0.25) is 20.4 Å². The van der Waals surface area contributed by atoms with Crippen LogP contribution in [-0.4, -0.2) is 22.0 Å².